The molecular weight excluding hydrogens is 378 g/mol. The average Bonchev–Trinajstić information content (AvgIpc) is 2.51. The van der Waals surface area contributed by atoms with Crippen LogP contribution in [0.3, 0.4) is 0 Å². The molecule has 5 nitrogen and oxygen atoms in total. The Bertz CT molecular complexity index is 679. The van der Waals surface area contributed by atoms with Gasteiger partial charge in [-0.2, -0.15) is 13.2 Å². The zero-order chi connectivity index (χ0) is 19.9. The molecule has 0 saturated heterocycles. The fourth-order valence-corrected chi connectivity index (χ4v) is 2.70. The first-order valence-corrected chi connectivity index (χ1v) is 8.45. The van der Waals surface area contributed by atoms with Crippen molar-refractivity contribution in [3.8, 4) is 0 Å². The van der Waals surface area contributed by atoms with E-state index in [4.69, 9.17) is 0 Å². The molecule has 0 aliphatic carbocycles. The van der Waals surface area contributed by atoms with Crippen LogP contribution in [0.5, 0.6) is 0 Å². The van der Waals surface area contributed by atoms with Crippen molar-refractivity contribution in [1.29, 1.82) is 0 Å². The number of carbonyl (C=O) groups is 3. The molecule has 0 N–H and O–H groups in total. The number of ether oxygens (including phenoxy) is 1. The van der Waals surface area contributed by atoms with Crippen molar-refractivity contribution >= 4 is 29.4 Å². The largest absolute Gasteiger partial charge is 0.465 e. The summed E-state index contributed by atoms with van der Waals surface area (Å²) in [6.45, 7) is 0.247. The van der Waals surface area contributed by atoms with Gasteiger partial charge in [0, 0.05) is 10.5 Å². The van der Waals surface area contributed by atoms with Gasteiger partial charge in [0.2, 0.25) is 5.91 Å². The van der Waals surface area contributed by atoms with Gasteiger partial charge in [-0.05, 0) is 26.0 Å². The molecule has 0 spiro atoms. The smallest absolute Gasteiger partial charge is 0.406 e. The van der Waals surface area contributed by atoms with E-state index in [1.807, 2.05) is 0 Å². The minimum Gasteiger partial charge on any atom is -0.465 e. The van der Waals surface area contributed by atoms with E-state index in [0.29, 0.717) is 16.7 Å². The summed E-state index contributed by atoms with van der Waals surface area (Å²) in [7, 11) is 0. The van der Waals surface area contributed by atoms with Crippen LogP contribution in [0.25, 0.3) is 0 Å². The molecular formula is C16H17F4NO4S. The number of nitrogens with zero attached hydrogens (tertiary/aromatic N) is 1. The van der Waals surface area contributed by atoms with E-state index >= 15 is 0 Å². The fourth-order valence-electron chi connectivity index (χ4n) is 1.88. The maximum Gasteiger partial charge on any atom is 0.406 e. The van der Waals surface area contributed by atoms with E-state index in [-0.39, 0.29) is 22.8 Å². The molecule has 1 aromatic rings. The first kappa shape index (κ1) is 21.9. The van der Waals surface area contributed by atoms with Gasteiger partial charge in [-0.3, -0.25) is 14.4 Å². The number of thioether (sulfide) groups is 1. The molecule has 144 valence electrons. The minimum absolute atomic E-state index is 0.00597. The van der Waals surface area contributed by atoms with Crippen LogP contribution in [0.4, 0.5) is 17.6 Å². The molecule has 0 saturated carbocycles. The quantitative estimate of drug-likeness (QED) is 0.293. The molecule has 0 unspecified atom stereocenters. The van der Waals surface area contributed by atoms with Crippen molar-refractivity contribution in [2.24, 2.45) is 0 Å². The van der Waals surface area contributed by atoms with Gasteiger partial charge in [0.05, 0.1) is 12.4 Å². The van der Waals surface area contributed by atoms with Crippen molar-refractivity contribution in [1.82, 2.24) is 4.90 Å². The highest BCUT2D eigenvalue weighted by Crippen LogP contribution is 2.24. The molecule has 10 heteroatoms. The number of rotatable bonds is 8. The summed E-state index contributed by atoms with van der Waals surface area (Å²) in [4.78, 5) is 34.9. The Hall–Kier alpha value is -2.10. The molecule has 0 radical (unpaired) electrons. The normalized spacial score (nSPS) is 11.2. The van der Waals surface area contributed by atoms with E-state index in [0.717, 1.165) is 6.07 Å². The molecule has 1 rings (SSSR count). The topological polar surface area (TPSA) is 63.7 Å². The highest BCUT2D eigenvalue weighted by atomic mass is 32.2. The van der Waals surface area contributed by atoms with Crippen molar-refractivity contribution in [3.05, 3.63) is 29.6 Å². The Balaban J connectivity index is 2.79. The Morgan fingerprint density at radius 3 is 2.38 bits per heavy atom. The number of alkyl halides is 3. The van der Waals surface area contributed by atoms with Crippen molar-refractivity contribution in [2.75, 3.05) is 25.4 Å². The lowest BCUT2D eigenvalue weighted by Gasteiger charge is -2.22. The van der Waals surface area contributed by atoms with Gasteiger partial charge in [-0.15, -0.1) is 11.8 Å². The lowest BCUT2D eigenvalue weighted by molar-refractivity contribution is -0.166. The van der Waals surface area contributed by atoms with Gasteiger partial charge < -0.3 is 9.64 Å². The van der Waals surface area contributed by atoms with E-state index in [1.54, 1.807) is 0 Å². The molecule has 0 aliphatic rings. The molecule has 0 atom stereocenters. The predicted octanol–water partition coefficient (Wildman–Crippen LogP) is 3.07. The Labute approximate surface area is 151 Å². The van der Waals surface area contributed by atoms with Crippen LogP contribution in [-0.4, -0.2) is 54.2 Å². The highest BCUT2D eigenvalue weighted by molar-refractivity contribution is 8.00. The average molecular weight is 395 g/mol. The molecule has 1 amide bonds. The van der Waals surface area contributed by atoms with Crippen LogP contribution < -0.4 is 0 Å². The van der Waals surface area contributed by atoms with Gasteiger partial charge in [-0.1, -0.05) is 6.07 Å². The van der Waals surface area contributed by atoms with Crippen molar-refractivity contribution < 1.29 is 36.7 Å². The van der Waals surface area contributed by atoms with E-state index in [9.17, 15) is 31.9 Å². The molecule has 26 heavy (non-hydrogen) atoms. The number of benzene rings is 1. The van der Waals surface area contributed by atoms with Crippen molar-refractivity contribution in [2.45, 2.75) is 24.9 Å². The second-order valence-corrected chi connectivity index (χ2v) is 6.18. The lowest BCUT2D eigenvalue weighted by Crippen LogP contribution is -2.43. The summed E-state index contributed by atoms with van der Waals surface area (Å²) in [6.07, 6.45) is -4.69. The number of Topliss-reactive ketones (excluding diaryl/α,β-unsaturated/α-hetero) is 1. The highest BCUT2D eigenvalue weighted by Gasteiger charge is 2.34. The van der Waals surface area contributed by atoms with E-state index < -0.39 is 42.7 Å². The summed E-state index contributed by atoms with van der Waals surface area (Å²) in [5.74, 6) is -3.57. The zero-order valence-electron chi connectivity index (χ0n) is 14.1. The SMILES string of the molecule is CCOC(=O)CN(CC(F)(F)F)C(=O)CSc1ccc(C(C)=O)cc1F. The molecule has 0 aromatic heterocycles. The summed E-state index contributed by atoms with van der Waals surface area (Å²) in [5, 5.41) is 0. The first-order valence-electron chi connectivity index (χ1n) is 7.47. The first-order chi connectivity index (χ1) is 12.0. The van der Waals surface area contributed by atoms with E-state index in [1.165, 1.54) is 26.0 Å². The van der Waals surface area contributed by atoms with Crippen LogP contribution in [0.15, 0.2) is 23.1 Å². The number of hydrogen-bond donors (Lipinski definition) is 0. The van der Waals surface area contributed by atoms with Gasteiger partial charge in [0.15, 0.2) is 5.78 Å². The summed E-state index contributed by atoms with van der Waals surface area (Å²) in [5.41, 5.74) is 0.138. The van der Waals surface area contributed by atoms with Crippen LogP contribution in [0.2, 0.25) is 0 Å². The third kappa shape index (κ3) is 7.42. The van der Waals surface area contributed by atoms with Crippen molar-refractivity contribution in [3.63, 3.8) is 0 Å². The summed E-state index contributed by atoms with van der Waals surface area (Å²) in [6, 6.07) is 3.61. The van der Waals surface area contributed by atoms with Crippen LogP contribution in [0, 0.1) is 5.82 Å². The van der Waals surface area contributed by atoms with Gasteiger partial charge in [0.1, 0.15) is 18.9 Å². The summed E-state index contributed by atoms with van der Waals surface area (Å²) >= 11 is 0.673. The monoisotopic (exact) mass is 395 g/mol. The number of esters is 1. The van der Waals surface area contributed by atoms with Crippen LogP contribution >= 0.6 is 11.8 Å². The standard InChI is InChI=1S/C16H17F4NO4S/c1-3-25-15(24)7-21(9-16(18,19)20)14(23)8-26-13-5-4-11(10(2)22)6-12(13)17/h4-6H,3,7-9H2,1-2H3. The van der Waals surface area contributed by atoms with Crippen LogP contribution in [-0.2, 0) is 14.3 Å². The van der Waals surface area contributed by atoms with Gasteiger partial charge >= 0.3 is 12.1 Å². The Morgan fingerprint density at radius 2 is 1.88 bits per heavy atom. The maximum absolute atomic E-state index is 13.9. The number of hydrogen-bond acceptors (Lipinski definition) is 5. The molecule has 0 heterocycles. The third-order valence-corrected chi connectivity index (χ3v) is 4.07. The molecule has 0 fully saturated rings. The molecule has 0 bridgehead atoms. The second-order valence-electron chi connectivity index (χ2n) is 5.16. The molecule has 0 aliphatic heterocycles. The lowest BCUT2D eigenvalue weighted by atomic mass is 10.1. The molecule has 1 aromatic carbocycles. The number of amides is 1. The zero-order valence-corrected chi connectivity index (χ0v) is 14.9. The minimum atomic E-state index is -4.69. The fraction of sp³-hybridized carbons (Fsp3) is 0.438. The van der Waals surface area contributed by atoms with Gasteiger partial charge in [-0.25, -0.2) is 4.39 Å². The predicted molar refractivity (Wildman–Crippen MR) is 86.4 cm³/mol. The number of carbonyl (C=O) groups excluding carboxylic acids is 3. The van der Waals surface area contributed by atoms with Crippen LogP contribution in [0.1, 0.15) is 24.2 Å². The number of halogens is 4. The summed E-state index contributed by atoms with van der Waals surface area (Å²) < 4.78 is 56.3. The Morgan fingerprint density at radius 1 is 1.23 bits per heavy atom. The van der Waals surface area contributed by atoms with Gasteiger partial charge in [0.25, 0.3) is 0 Å². The van der Waals surface area contributed by atoms with E-state index in [2.05, 4.69) is 4.74 Å². The maximum atomic E-state index is 13.9. The third-order valence-electron chi connectivity index (χ3n) is 3.04. The second kappa shape index (κ2) is 9.56. The number of ketones is 1. The Kier molecular flexibility index (Phi) is 8.07.